The highest BCUT2D eigenvalue weighted by Crippen LogP contribution is 2.27. The Morgan fingerprint density at radius 1 is 1.32 bits per heavy atom. The zero-order chi connectivity index (χ0) is 13.8. The van der Waals surface area contributed by atoms with Crippen molar-refractivity contribution in [2.75, 3.05) is 13.1 Å². The molecule has 2 rings (SSSR count). The summed E-state index contributed by atoms with van der Waals surface area (Å²) in [5, 5.41) is 18.3. The summed E-state index contributed by atoms with van der Waals surface area (Å²) in [6, 6.07) is 4.29. The van der Waals surface area contributed by atoms with Crippen LogP contribution in [0.2, 0.25) is 0 Å². The molecule has 0 amide bonds. The minimum atomic E-state index is -1.61. The molecule has 1 aromatic carbocycles. The number of hydrogen-bond acceptors (Lipinski definition) is 3. The molecular formula is C14H21BFNO2. The van der Waals surface area contributed by atoms with Gasteiger partial charge >= 0.3 is 7.12 Å². The summed E-state index contributed by atoms with van der Waals surface area (Å²) in [6.45, 7) is 4.72. The van der Waals surface area contributed by atoms with Crippen LogP contribution in [-0.2, 0) is 6.54 Å². The zero-order valence-electron chi connectivity index (χ0n) is 11.3. The number of nitrogens with zero attached hydrogens (tertiary/aromatic N) is 1. The van der Waals surface area contributed by atoms with Gasteiger partial charge < -0.3 is 10.0 Å². The average molecular weight is 265 g/mol. The van der Waals surface area contributed by atoms with Gasteiger partial charge in [0, 0.05) is 13.1 Å². The van der Waals surface area contributed by atoms with E-state index in [-0.39, 0.29) is 5.46 Å². The Bertz CT molecular complexity index is 424. The van der Waals surface area contributed by atoms with Gasteiger partial charge in [0.1, 0.15) is 5.82 Å². The number of rotatable bonds is 6. The molecular weight excluding hydrogens is 244 g/mol. The summed E-state index contributed by atoms with van der Waals surface area (Å²) in [4.78, 5) is 2.28. The normalized spacial score (nSPS) is 15.6. The van der Waals surface area contributed by atoms with Crippen molar-refractivity contribution in [1.29, 1.82) is 0 Å². The highest BCUT2D eigenvalue weighted by molar-refractivity contribution is 6.58. The molecule has 1 saturated carbocycles. The Balaban J connectivity index is 2.03. The van der Waals surface area contributed by atoms with E-state index >= 15 is 0 Å². The summed E-state index contributed by atoms with van der Waals surface area (Å²) < 4.78 is 13.4. The molecule has 0 spiro atoms. The van der Waals surface area contributed by atoms with Crippen LogP contribution in [0.4, 0.5) is 4.39 Å². The lowest BCUT2D eigenvalue weighted by Gasteiger charge is -2.31. The van der Waals surface area contributed by atoms with E-state index in [1.54, 1.807) is 6.07 Å². The lowest BCUT2D eigenvalue weighted by atomic mass is 9.79. The Kier molecular flexibility index (Phi) is 4.96. The van der Waals surface area contributed by atoms with Crippen molar-refractivity contribution >= 4 is 12.6 Å². The van der Waals surface area contributed by atoms with Crippen LogP contribution in [0.25, 0.3) is 0 Å². The first kappa shape index (κ1) is 14.5. The second-order valence-electron chi connectivity index (χ2n) is 5.39. The highest BCUT2D eigenvalue weighted by Gasteiger charge is 2.20. The van der Waals surface area contributed by atoms with E-state index in [4.69, 9.17) is 10.0 Å². The molecule has 0 aliphatic heterocycles. The van der Waals surface area contributed by atoms with Gasteiger partial charge in [-0.2, -0.15) is 0 Å². The maximum Gasteiger partial charge on any atom is 0.488 e. The average Bonchev–Trinajstić information content (AvgIpc) is 2.31. The van der Waals surface area contributed by atoms with Gasteiger partial charge in [0.15, 0.2) is 0 Å². The van der Waals surface area contributed by atoms with Crippen molar-refractivity contribution in [3.8, 4) is 0 Å². The van der Waals surface area contributed by atoms with Crippen LogP contribution in [-0.4, -0.2) is 35.2 Å². The first-order chi connectivity index (χ1) is 9.08. The Morgan fingerprint density at radius 3 is 2.58 bits per heavy atom. The van der Waals surface area contributed by atoms with Crippen LogP contribution in [0.3, 0.4) is 0 Å². The zero-order valence-corrected chi connectivity index (χ0v) is 11.3. The molecule has 0 saturated heterocycles. The third kappa shape index (κ3) is 4.03. The van der Waals surface area contributed by atoms with Gasteiger partial charge in [0.05, 0.1) is 0 Å². The molecule has 104 valence electrons. The molecule has 0 heterocycles. The monoisotopic (exact) mass is 265 g/mol. The SMILES string of the molecule is CCN(Cc1cc(F)cc(B(O)O)c1)CC1CCC1. The predicted octanol–water partition coefficient (Wildman–Crippen LogP) is 1.13. The van der Waals surface area contributed by atoms with Crippen molar-refractivity contribution in [2.24, 2.45) is 5.92 Å². The molecule has 1 fully saturated rings. The predicted molar refractivity (Wildman–Crippen MR) is 74.5 cm³/mol. The fourth-order valence-electron chi connectivity index (χ4n) is 2.52. The number of halogens is 1. The van der Waals surface area contributed by atoms with Gasteiger partial charge in [-0.25, -0.2) is 4.39 Å². The van der Waals surface area contributed by atoms with Crippen molar-refractivity contribution in [1.82, 2.24) is 4.90 Å². The molecule has 2 N–H and O–H groups in total. The van der Waals surface area contributed by atoms with Gasteiger partial charge in [-0.05, 0) is 48.5 Å². The summed E-state index contributed by atoms with van der Waals surface area (Å²) in [7, 11) is -1.61. The van der Waals surface area contributed by atoms with Crippen LogP contribution in [0.5, 0.6) is 0 Å². The van der Waals surface area contributed by atoms with Crippen molar-refractivity contribution in [3.63, 3.8) is 0 Å². The summed E-state index contributed by atoms with van der Waals surface area (Å²) in [5.41, 5.74) is 1.01. The van der Waals surface area contributed by atoms with Crippen LogP contribution < -0.4 is 5.46 Å². The van der Waals surface area contributed by atoms with Crippen LogP contribution >= 0.6 is 0 Å². The smallest absolute Gasteiger partial charge is 0.423 e. The molecule has 1 aliphatic rings. The van der Waals surface area contributed by atoms with E-state index in [1.165, 1.54) is 25.3 Å². The van der Waals surface area contributed by atoms with E-state index in [0.29, 0.717) is 6.54 Å². The lowest BCUT2D eigenvalue weighted by Crippen LogP contribution is -2.34. The first-order valence-corrected chi connectivity index (χ1v) is 6.96. The minimum Gasteiger partial charge on any atom is -0.423 e. The van der Waals surface area contributed by atoms with Gasteiger partial charge in [-0.1, -0.05) is 19.4 Å². The molecule has 19 heavy (non-hydrogen) atoms. The fourth-order valence-corrected chi connectivity index (χ4v) is 2.52. The second kappa shape index (κ2) is 6.50. The van der Waals surface area contributed by atoms with Gasteiger partial charge in [-0.15, -0.1) is 0 Å². The van der Waals surface area contributed by atoms with Crippen LogP contribution in [0, 0.1) is 11.7 Å². The maximum absolute atomic E-state index is 13.4. The molecule has 5 heteroatoms. The van der Waals surface area contributed by atoms with Crippen molar-refractivity contribution < 1.29 is 14.4 Å². The lowest BCUT2D eigenvalue weighted by molar-refractivity contribution is 0.178. The molecule has 0 aromatic heterocycles. The van der Waals surface area contributed by atoms with E-state index in [0.717, 1.165) is 30.6 Å². The molecule has 0 radical (unpaired) electrons. The van der Waals surface area contributed by atoms with Crippen LogP contribution in [0.15, 0.2) is 18.2 Å². The quantitative estimate of drug-likeness (QED) is 0.758. The third-order valence-corrected chi connectivity index (χ3v) is 3.87. The standard InChI is InChI=1S/C14H21BFNO2/c1-2-17(9-11-4-3-5-11)10-12-6-13(15(18)19)8-14(16)7-12/h6-8,11,18-19H,2-5,9-10H2,1H3. The van der Waals surface area contributed by atoms with Crippen LogP contribution in [0.1, 0.15) is 31.7 Å². The van der Waals surface area contributed by atoms with E-state index < -0.39 is 12.9 Å². The van der Waals surface area contributed by atoms with E-state index in [1.807, 2.05) is 0 Å². The minimum absolute atomic E-state index is 0.217. The fraction of sp³-hybridized carbons (Fsp3) is 0.571. The molecule has 0 atom stereocenters. The summed E-state index contributed by atoms with van der Waals surface area (Å²) in [6.07, 6.45) is 3.91. The van der Waals surface area contributed by atoms with Gasteiger partial charge in [0.2, 0.25) is 0 Å². The molecule has 1 aromatic rings. The Hall–Kier alpha value is -0.905. The first-order valence-electron chi connectivity index (χ1n) is 6.96. The topological polar surface area (TPSA) is 43.7 Å². The largest absolute Gasteiger partial charge is 0.488 e. The van der Waals surface area contributed by atoms with Gasteiger partial charge in [-0.3, -0.25) is 4.90 Å². The maximum atomic E-state index is 13.4. The Labute approximate surface area is 114 Å². The summed E-state index contributed by atoms with van der Waals surface area (Å²) in [5.74, 6) is 0.358. The molecule has 0 bridgehead atoms. The number of benzene rings is 1. The Morgan fingerprint density at radius 2 is 2.05 bits per heavy atom. The second-order valence-corrected chi connectivity index (χ2v) is 5.39. The summed E-state index contributed by atoms with van der Waals surface area (Å²) >= 11 is 0. The number of hydrogen-bond donors (Lipinski definition) is 2. The van der Waals surface area contributed by atoms with Crippen molar-refractivity contribution in [2.45, 2.75) is 32.7 Å². The van der Waals surface area contributed by atoms with Crippen molar-refractivity contribution in [3.05, 3.63) is 29.6 Å². The van der Waals surface area contributed by atoms with E-state index in [9.17, 15) is 4.39 Å². The van der Waals surface area contributed by atoms with E-state index in [2.05, 4.69) is 11.8 Å². The molecule has 1 aliphatic carbocycles. The molecule has 3 nitrogen and oxygen atoms in total. The highest BCUT2D eigenvalue weighted by atomic mass is 19.1. The molecule has 0 unspecified atom stereocenters. The third-order valence-electron chi connectivity index (χ3n) is 3.87. The van der Waals surface area contributed by atoms with Gasteiger partial charge in [0.25, 0.3) is 0 Å².